The van der Waals surface area contributed by atoms with E-state index in [0.717, 1.165) is 54.7 Å². The first-order valence-corrected chi connectivity index (χ1v) is 10.1. The van der Waals surface area contributed by atoms with Crippen LogP contribution in [0.4, 0.5) is 0 Å². The van der Waals surface area contributed by atoms with Gasteiger partial charge < -0.3 is 29.6 Å². The van der Waals surface area contributed by atoms with Gasteiger partial charge in [0.2, 0.25) is 0 Å². The second-order valence-corrected chi connectivity index (χ2v) is 6.62. The lowest BCUT2D eigenvalue weighted by atomic mass is 10.1. The van der Waals surface area contributed by atoms with Crippen molar-refractivity contribution in [3.05, 3.63) is 53.6 Å². The number of methoxy groups -OCH3 is 3. The van der Waals surface area contributed by atoms with Crippen molar-refractivity contribution in [2.75, 3.05) is 48.1 Å². The van der Waals surface area contributed by atoms with E-state index in [4.69, 9.17) is 18.9 Å². The van der Waals surface area contributed by atoms with Crippen molar-refractivity contribution in [3.8, 4) is 17.2 Å². The van der Waals surface area contributed by atoms with Crippen LogP contribution in [-0.4, -0.2) is 54.0 Å². The molecule has 7 nitrogen and oxygen atoms in total. The Morgan fingerprint density at radius 2 is 1.52 bits per heavy atom. The number of hydrogen-bond donors (Lipinski definition) is 2. The standard InChI is InChI=1S/C23H33N3O4.HI/c1-24-23(26-14-12-18-8-11-21(28-3)22(16-18)29-4)25-13-5-15-30-17-19-6-9-20(27-2)10-7-19;/h6-11,16H,5,12-15,17H2,1-4H3,(H2,24,25,26);1H. The summed E-state index contributed by atoms with van der Waals surface area (Å²) in [5.41, 5.74) is 2.30. The summed E-state index contributed by atoms with van der Waals surface area (Å²) in [5.74, 6) is 3.12. The van der Waals surface area contributed by atoms with Gasteiger partial charge in [-0.1, -0.05) is 18.2 Å². The number of guanidine groups is 1. The van der Waals surface area contributed by atoms with E-state index in [1.165, 1.54) is 5.56 Å². The van der Waals surface area contributed by atoms with Crippen molar-refractivity contribution in [1.29, 1.82) is 0 Å². The number of ether oxygens (including phenoxy) is 4. The number of rotatable bonds is 12. The Labute approximate surface area is 202 Å². The van der Waals surface area contributed by atoms with Gasteiger partial charge in [-0.3, -0.25) is 4.99 Å². The molecule has 2 aromatic rings. The summed E-state index contributed by atoms with van der Waals surface area (Å²) in [4.78, 5) is 4.26. The maximum Gasteiger partial charge on any atom is 0.190 e. The summed E-state index contributed by atoms with van der Waals surface area (Å²) in [6.07, 6.45) is 1.75. The van der Waals surface area contributed by atoms with Gasteiger partial charge in [-0.15, -0.1) is 24.0 Å². The Morgan fingerprint density at radius 1 is 0.839 bits per heavy atom. The average molecular weight is 543 g/mol. The van der Waals surface area contributed by atoms with E-state index in [9.17, 15) is 0 Å². The van der Waals surface area contributed by atoms with Crippen molar-refractivity contribution in [1.82, 2.24) is 10.6 Å². The van der Waals surface area contributed by atoms with E-state index in [2.05, 4.69) is 15.6 Å². The van der Waals surface area contributed by atoms with Gasteiger partial charge >= 0.3 is 0 Å². The minimum absolute atomic E-state index is 0. The molecule has 2 rings (SSSR count). The minimum atomic E-state index is 0. The zero-order chi connectivity index (χ0) is 21.6. The summed E-state index contributed by atoms with van der Waals surface area (Å²) >= 11 is 0. The van der Waals surface area contributed by atoms with Gasteiger partial charge in [-0.2, -0.15) is 0 Å². The second kappa shape index (κ2) is 15.6. The molecule has 0 aliphatic rings. The molecule has 0 saturated heterocycles. The zero-order valence-electron chi connectivity index (χ0n) is 18.8. The molecule has 172 valence electrons. The van der Waals surface area contributed by atoms with Crippen molar-refractivity contribution in [2.45, 2.75) is 19.4 Å². The Bertz CT molecular complexity index is 785. The SMILES string of the molecule is CN=C(NCCCOCc1ccc(OC)cc1)NCCc1ccc(OC)c(OC)c1.I. The molecule has 2 N–H and O–H groups in total. The second-order valence-electron chi connectivity index (χ2n) is 6.62. The highest BCUT2D eigenvalue weighted by Crippen LogP contribution is 2.27. The fraction of sp³-hybridized carbons (Fsp3) is 0.435. The normalized spacial score (nSPS) is 10.8. The lowest BCUT2D eigenvalue weighted by molar-refractivity contribution is 0.119. The van der Waals surface area contributed by atoms with Crippen LogP contribution in [0.15, 0.2) is 47.5 Å². The predicted molar refractivity (Wildman–Crippen MR) is 135 cm³/mol. The van der Waals surface area contributed by atoms with E-state index in [1.54, 1.807) is 28.4 Å². The van der Waals surface area contributed by atoms with Crippen LogP contribution in [0.2, 0.25) is 0 Å². The van der Waals surface area contributed by atoms with Crippen LogP contribution in [0.1, 0.15) is 17.5 Å². The maximum atomic E-state index is 5.73. The Balaban J connectivity index is 0.00000480. The van der Waals surface area contributed by atoms with Gasteiger partial charge in [0.05, 0.1) is 27.9 Å². The van der Waals surface area contributed by atoms with E-state index in [0.29, 0.717) is 13.2 Å². The summed E-state index contributed by atoms with van der Waals surface area (Å²) in [6.45, 7) is 2.84. The van der Waals surface area contributed by atoms with Crippen LogP contribution in [-0.2, 0) is 17.8 Å². The molecule has 0 spiro atoms. The van der Waals surface area contributed by atoms with Crippen molar-refractivity contribution in [2.24, 2.45) is 4.99 Å². The Hall–Kier alpha value is -2.20. The fourth-order valence-electron chi connectivity index (χ4n) is 2.87. The van der Waals surface area contributed by atoms with Crippen LogP contribution in [0.25, 0.3) is 0 Å². The first kappa shape index (κ1) is 26.8. The van der Waals surface area contributed by atoms with E-state index < -0.39 is 0 Å². The van der Waals surface area contributed by atoms with Gasteiger partial charge in [-0.25, -0.2) is 0 Å². The number of nitrogens with one attached hydrogen (secondary N) is 2. The molecule has 0 aliphatic heterocycles. The summed E-state index contributed by atoms with van der Waals surface area (Å²) < 4.78 is 21.5. The molecule has 0 saturated carbocycles. The Morgan fingerprint density at radius 3 is 2.16 bits per heavy atom. The van der Waals surface area contributed by atoms with E-state index in [-0.39, 0.29) is 24.0 Å². The summed E-state index contributed by atoms with van der Waals surface area (Å²) in [7, 11) is 6.72. The number of hydrogen-bond acceptors (Lipinski definition) is 5. The molecule has 0 heterocycles. The molecule has 0 atom stereocenters. The third kappa shape index (κ3) is 9.65. The van der Waals surface area contributed by atoms with Crippen molar-refractivity contribution < 1.29 is 18.9 Å². The van der Waals surface area contributed by atoms with Crippen LogP contribution in [0.5, 0.6) is 17.2 Å². The van der Waals surface area contributed by atoms with Gasteiger partial charge in [0.15, 0.2) is 17.5 Å². The molecule has 0 bridgehead atoms. The molecule has 0 unspecified atom stereocenters. The number of benzene rings is 2. The third-order valence-electron chi connectivity index (χ3n) is 4.56. The molecule has 0 fully saturated rings. The first-order chi connectivity index (χ1) is 14.7. The quantitative estimate of drug-likeness (QED) is 0.184. The lowest BCUT2D eigenvalue weighted by Crippen LogP contribution is -2.39. The molecule has 31 heavy (non-hydrogen) atoms. The number of aliphatic imine (C=N–C) groups is 1. The maximum absolute atomic E-state index is 5.73. The van der Waals surface area contributed by atoms with Gasteiger partial charge in [0, 0.05) is 26.7 Å². The molecule has 8 heteroatoms. The molecule has 0 aliphatic carbocycles. The van der Waals surface area contributed by atoms with E-state index in [1.807, 2.05) is 42.5 Å². The molecule has 0 radical (unpaired) electrons. The lowest BCUT2D eigenvalue weighted by Gasteiger charge is -2.13. The largest absolute Gasteiger partial charge is 0.497 e. The topological polar surface area (TPSA) is 73.3 Å². The van der Waals surface area contributed by atoms with Crippen LogP contribution < -0.4 is 24.8 Å². The van der Waals surface area contributed by atoms with Gasteiger partial charge in [0.1, 0.15) is 5.75 Å². The predicted octanol–water partition coefficient (Wildman–Crippen LogP) is 3.64. The van der Waals surface area contributed by atoms with Crippen LogP contribution in [0, 0.1) is 0 Å². The summed E-state index contributed by atoms with van der Waals surface area (Å²) in [5, 5.41) is 6.63. The molecule has 0 amide bonds. The van der Waals surface area contributed by atoms with Crippen LogP contribution >= 0.6 is 24.0 Å². The highest BCUT2D eigenvalue weighted by Gasteiger charge is 2.05. The molecule has 0 aromatic heterocycles. The van der Waals surface area contributed by atoms with Crippen LogP contribution in [0.3, 0.4) is 0 Å². The van der Waals surface area contributed by atoms with Crippen molar-refractivity contribution in [3.63, 3.8) is 0 Å². The third-order valence-corrected chi connectivity index (χ3v) is 4.56. The highest BCUT2D eigenvalue weighted by atomic mass is 127. The summed E-state index contributed by atoms with van der Waals surface area (Å²) in [6, 6.07) is 13.9. The number of halogens is 1. The van der Waals surface area contributed by atoms with Gasteiger partial charge in [0.25, 0.3) is 0 Å². The Kier molecular flexibility index (Phi) is 13.5. The molecular formula is C23H34IN3O4. The number of nitrogens with zero attached hydrogens (tertiary/aromatic N) is 1. The first-order valence-electron chi connectivity index (χ1n) is 10.1. The smallest absolute Gasteiger partial charge is 0.190 e. The fourth-order valence-corrected chi connectivity index (χ4v) is 2.87. The molecule has 2 aromatic carbocycles. The minimum Gasteiger partial charge on any atom is -0.497 e. The van der Waals surface area contributed by atoms with Crippen molar-refractivity contribution >= 4 is 29.9 Å². The zero-order valence-corrected chi connectivity index (χ0v) is 21.1. The average Bonchev–Trinajstić information content (AvgIpc) is 2.80. The monoisotopic (exact) mass is 543 g/mol. The molecular weight excluding hydrogens is 509 g/mol. The van der Waals surface area contributed by atoms with E-state index >= 15 is 0 Å². The van der Waals surface area contributed by atoms with Gasteiger partial charge in [-0.05, 0) is 48.2 Å². The highest BCUT2D eigenvalue weighted by molar-refractivity contribution is 14.0.